The summed E-state index contributed by atoms with van der Waals surface area (Å²) in [4.78, 5) is 13.4. The molecule has 4 atom stereocenters. The largest absolute Gasteiger partial charge is 0.481 e. The van der Waals surface area contributed by atoms with Gasteiger partial charge in [0.05, 0.1) is 0 Å². The highest BCUT2D eigenvalue weighted by atomic mass is 35.5. The molecule has 3 aliphatic rings. The Hall–Kier alpha value is -0.320. The molecule has 0 amide bonds. The number of carbonyl (C=O) groups is 1. The van der Waals surface area contributed by atoms with E-state index < -0.39 is 5.97 Å². The molecule has 0 spiro atoms. The number of rotatable bonds is 3. The second-order valence-electron chi connectivity index (χ2n) is 6.26. The lowest BCUT2D eigenvalue weighted by Crippen LogP contribution is -2.61. The highest BCUT2D eigenvalue weighted by Crippen LogP contribution is 2.37. The second-order valence-corrected chi connectivity index (χ2v) is 6.26. The van der Waals surface area contributed by atoms with Gasteiger partial charge in [-0.3, -0.25) is 9.69 Å². The molecule has 4 unspecified atom stereocenters. The highest BCUT2D eigenvalue weighted by Gasteiger charge is 2.42. The summed E-state index contributed by atoms with van der Waals surface area (Å²) in [5.74, 6) is 0.827. The van der Waals surface area contributed by atoms with Crippen molar-refractivity contribution in [3.8, 4) is 0 Å². The lowest BCUT2D eigenvalue weighted by molar-refractivity contribution is -0.137. The van der Waals surface area contributed by atoms with Gasteiger partial charge in [0, 0.05) is 25.0 Å². The molecular formula is C14H25ClN2O2. The Kier molecular flexibility index (Phi) is 5.09. The molecule has 3 fully saturated rings. The second kappa shape index (κ2) is 6.42. The van der Waals surface area contributed by atoms with E-state index in [2.05, 4.69) is 10.2 Å². The molecule has 3 aliphatic heterocycles. The third-order valence-electron chi connectivity index (χ3n) is 5.16. The van der Waals surface area contributed by atoms with Gasteiger partial charge in [0.25, 0.3) is 0 Å². The minimum absolute atomic E-state index is 0. The van der Waals surface area contributed by atoms with Gasteiger partial charge < -0.3 is 10.4 Å². The Bertz CT molecular complexity index is 325. The van der Waals surface area contributed by atoms with Gasteiger partial charge in [0.2, 0.25) is 0 Å². The number of piperidine rings is 3. The fourth-order valence-corrected chi connectivity index (χ4v) is 4.30. The smallest absolute Gasteiger partial charge is 0.303 e. The SMILES string of the molecule is Cl.O=C(O)CCC1NCC2CC1CN1CCCCC21. The van der Waals surface area contributed by atoms with Crippen LogP contribution >= 0.6 is 12.4 Å². The zero-order valence-corrected chi connectivity index (χ0v) is 12.2. The summed E-state index contributed by atoms with van der Waals surface area (Å²) < 4.78 is 0. The average Bonchev–Trinajstić information content (AvgIpc) is 2.38. The van der Waals surface area contributed by atoms with Crippen LogP contribution in [0.2, 0.25) is 0 Å². The molecule has 5 heteroatoms. The molecule has 3 heterocycles. The number of carboxylic acids is 1. The van der Waals surface area contributed by atoms with Crippen molar-refractivity contribution in [2.24, 2.45) is 11.8 Å². The van der Waals surface area contributed by atoms with Crippen LogP contribution in [-0.2, 0) is 4.79 Å². The standard InChI is InChI=1S/C14H24N2O2.ClH/c17-14(18)5-4-12-11-7-10(8-15-12)13-3-1-2-6-16(13)9-11;/h10-13,15H,1-9H2,(H,17,18);1H. The van der Waals surface area contributed by atoms with Crippen molar-refractivity contribution in [1.82, 2.24) is 10.2 Å². The topological polar surface area (TPSA) is 52.6 Å². The van der Waals surface area contributed by atoms with Gasteiger partial charge in [-0.05, 0) is 50.6 Å². The number of aliphatic carboxylic acids is 1. The highest BCUT2D eigenvalue weighted by molar-refractivity contribution is 5.85. The summed E-state index contributed by atoms with van der Waals surface area (Å²) in [6.45, 7) is 3.56. The van der Waals surface area contributed by atoms with E-state index in [0.717, 1.165) is 24.9 Å². The molecule has 2 N–H and O–H groups in total. The molecule has 3 rings (SSSR count). The van der Waals surface area contributed by atoms with Crippen LogP contribution in [0.4, 0.5) is 0 Å². The maximum Gasteiger partial charge on any atom is 0.303 e. The van der Waals surface area contributed by atoms with Gasteiger partial charge in [-0.25, -0.2) is 0 Å². The summed E-state index contributed by atoms with van der Waals surface area (Å²) in [6, 6.07) is 1.24. The van der Waals surface area contributed by atoms with Gasteiger partial charge in [0.15, 0.2) is 0 Å². The summed E-state index contributed by atoms with van der Waals surface area (Å²) in [6.07, 6.45) is 6.54. The lowest BCUT2D eigenvalue weighted by Gasteiger charge is -2.52. The van der Waals surface area contributed by atoms with Gasteiger partial charge >= 0.3 is 5.97 Å². The van der Waals surface area contributed by atoms with E-state index in [-0.39, 0.29) is 12.4 Å². The summed E-state index contributed by atoms with van der Waals surface area (Å²) in [5, 5.41) is 12.4. The molecule has 0 aromatic heterocycles. The number of nitrogens with one attached hydrogen (secondary N) is 1. The first-order chi connectivity index (χ1) is 8.74. The number of fused-ring (bicyclic) bond motifs is 4. The van der Waals surface area contributed by atoms with Crippen LogP contribution < -0.4 is 5.32 Å². The fourth-order valence-electron chi connectivity index (χ4n) is 4.30. The van der Waals surface area contributed by atoms with Crippen molar-refractivity contribution >= 4 is 18.4 Å². The van der Waals surface area contributed by atoms with E-state index >= 15 is 0 Å². The minimum atomic E-state index is -0.661. The molecule has 0 aromatic carbocycles. The maximum atomic E-state index is 10.7. The number of halogens is 1. The molecule has 0 aromatic rings. The molecule has 3 saturated heterocycles. The van der Waals surface area contributed by atoms with Crippen molar-refractivity contribution in [1.29, 1.82) is 0 Å². The molecular weight excluding hydrogens is 264 g/mol. The van der Waals surface area contributed by atoms with Gasteiger partial charge in [-0.1, -0.05) is 6.42 Å². The predicted octanol–water partition coefficient (Wildman–Crippen LogP) is 1.74. The third kappa shape index (κ3) is 3.23. The van der Waals surface area contributed by atoms with Crippen LogP contribution in [0, 0.1) is 11.8 Å². The Morgan fingerprint density at radius 3 is 2.95 bits per heavy atom. The Labute approximate surface area is 121 Å². The molecule has 2 bridgehead atoms. The molecule has 19 heavy (non-hydrogen) atoms. The van der Waals surface area contributed by atoms with Crippen molar-refractivity contribution in [3.63, 3.8) is 0 Å². The van der Waals surface area contributed by atoms with Gasteiger partial charge in [-0.15, -0.1) is 12.4 Å². The van der Waals surface area contributed by atoms with Crippen molar-refractivity contribution in [2.75, 3.05) is 19.6 Å². The first-order valence-electron chi connectivity index (χ1n) is 7.43. The number of hydrogen-bond acceptors (Lipinski definition) is 3. The molecule has 110 valence electrons. The lowest BCUT2D eigenvalue weighted by atomic mass is 9.73. The van der Waals surface area contributed by atoms with Crippen LogP contribution in [0.3, 0.4) is 0 Å². The minimum Gasteiger partial charge on any atom is -0.481 e. The van der Waals surface area contributed by atoms with E-state index in [4.69, 9.17) is 5.11 Å². The normalized spacial score (nSPS) is 38.1. The summed E-state index contributed by atoms with van der Waals surface area (Å²) >= 11 is 0. The molecule has 0 aliphatic carbocycles. The van der Waals surface area contributed by atoms with E-state index in [1.54, 1.807) is 0 Å². The zero-order valence-electron chi connectivity index (χ0n) is 11.4. The fraction of sp³-hybridized carbons (Fsp3) is 0.929. The van der Waals surface area contributed by atoms with Crippen LogP contribution in [-0.4, -0.2) is 47.7 Å². The Morgan fingerprint density at radius 2 is 2.16 bits per heavy atom. The van der Waals surface area contributed by atoms with E-state index in [0.29, 0.717) is 18.4 Å². The molecule has 0 radical (unpaired) electrons. The van der Waals surface area contributed by atoms with Crippen molar-refractivity contribution < 1.29 is 9.90 Å². The number of nitrogens with zero attached hydrogens (tertiary/aromatic N) is 1. The average molecular weight is 289 g/mol. The van der Waals surface area contributed by atoms with Crippen LogP contribution in [0.25, 0.3) is 0 Å². The van der Waals surface area contributed by atoms with E-state index in [9.17, 15) is 4.79 Å². The van der Waals surface area contributed by atoms with Gasteiger partial charge in [-0.2, -0.15) is 0 Å². The zero-order chi connectivity index (χ0) is 12.5. The van der Waals surface area contributed by atoms with E-state index in [1.165, 1.54) is 38.8 Å². The Morgan fingerprint density at radius 1 is 1.32 bits per heavy atom. The van der Waals surface area contributed by atoms with Crippen molar-refractivity contribution in [2.45, 2.75) is 50.6 Å². The molecule has 0 saturated carbocycles. The monoisotopic (exact) mass is 288 g/mol. The van der Waals surface area contributed by atoms with E-state index in [1.807, 2.05) is 0 Å². The quantitative estimate of drug-likeness (QED) is 0.831. The third-order valence-corrected chi connectivity index (χ3v) is 5.16. The summed E-state index contributed by atoms with van der Waals surface area (Å²) in [5.41, 5.74) is 0. The van der Waals surface area contributed by atoms with Crippen LogP contribution in [0.15, 0.2) is 0 Å². The molecule has 4 nitrogen and oxygen atoms in total. The first kappa shape index (κ1) is 15.1. The first-order valence-corrected chi connectivity index (χ1v) is 7.43. The van der Waals surface area contributed by atoms with Gasteiger partial charge in [0.1, 0.15) is 0 Å². The Balaban J connectivity index is 0.00000133. The number of carboxylic acid groups (broad SMARTS) is 1. The summed E-state index contributed by atoms with van der Waals surface area (Å²) in [7, 11) is 0. The van der Waals surface area contributed by atoms with Crippen LogP contribution in [0.1, 0.15) is 38.5 Å². The van der Waals surface area contributed by atoms with Crippen LogP contribution in [0.5, 0.6) is 0 Å². The maximum absolute atomic E-state index is 10.7. The number of hydrogen-bond donors (Lipinski definition) is 2. The predicted molar refractivity (Wildman–Crippen MR) is 76.7 cm³/mol. The van der Waals surface area contributed by atoms with Crippen molar-refractivity contribution in [3.05, 3.63) is 0 Å².